The Morgan fingerprint density at radius 3 is 3.21 bits per heavy atom. The topological polar surface area (TPSA) is 26.0 Å². The van der Waals surface area contributed by atoms with Gasteiger partial charge in [0.05, 0.1) is 0 Å². The zero-order chi connectivity index (χ0) is 9.60. The Labute approximate surface area is 85.4 Å². The third-order valence-corrected chi connectivity index (χ3v) is 4.05. The molecule has 0 aromatic carbocycles. The van der Waals surface area contributed by atoms with Crippen LogP contribution in [0.5, 0.6) is 0 Å². The van der Waals surface area contributed by atoms with Crippen molar-refractivity contribution in [3.8, 4) is 0 Å². The molecule has 0 amide bonds. The summed E-state index contributed by atoms with van der Waals surface area (Å²) >= 11 is 0. The second-order valence-electron chi connectivity index (χ2n) is 4.80. The number of allylic oxidation sites excluding steroid dienone is 4. The molecular weight excluding hydrogens is 170 g/mol. The lowest BCUT2D eigenvalue weighted by Gasteiger charge is -2.38. The van der Waals surface area contributed by atoms with Gasteiger partial charge in [-0.2, -0.15) is 0 Å². The van der Waals surface area contributed by atoms with Crippen LogP contribution in [0.1, 0.15) is 32.1 Å². The van der Waals surface area contributed by atoms with Gasteiger partial charge >= 0.3 is 0 Å². The minimum atomic E-state index is 0.0227. The minimum Gasteiger partial charge on any atom is -0.321 e. The van der Waals surface area contributed by atoms with Crippen LogP contribution in [0.25, 0.3) is 0 Å². The molecule has 1 saturated carbocycles. The summed E-state index contributed by atoms with van der Waals surface area (Å²) in [5.74, 6) is 0.586. The van der Waals surface area contributed by atoms with Crippen LogP contribution in [0.4, 0.5) is 0 Å². The SMILES string of the molecule is NC12CCCCC1=CC1=CC=CCC12. The zero-order valence-electron chi connectivity index (χ0n) is 8.50. The van der Waals surface area contributed by atoms with Crippen molar-refractivity contribution in [2.24, 2.45) is 11.7 Å². The Morgan fingerprint density at radius 1 is 1.36 bits per heavy atom. The van der Waals surface area contributed by atoms with Crippen molar-refractivity contribution in [3.63, 3.8) is 0 Å². The summed E-state index contributed by atoms with van der Waals surface area (Å²) in [7, 11) is 0. The van der Waals surface area contributed by atoms with Crippen LogP contribution in [0.3, 0.4) is 0 Å². The van der Waals surface area contributed by atoms with Crippen molar-refractivity contribution < 1.29 is 0 Å². The fourth-order valence-corrected chi connectivity index (χ4v) is 3.23. The van der Waals surface area contributed by atoms with Gasteiger partial charge in [-0.05, 0) is 36.8 Å². The summed E-state index contributed by atoms with van der Waals surface area (Å²) in [6.45, 7) is 0. The molecule has 1 nitrogen and oxygen atoms in total. The molecule has 1 fully saturated rings. The fourth-order valence-electron chi connectivity index (χ4n) is 3.23. The van der Waals surface area contributed by atoms with Gasteiger partial charge in [-0.3, -0.25) is 0 Å². The van der Waals surface area contributed by atoms with Crippen molar-refractivity contribution in [2.75, 3.05) is 0 Å². The summed E-state index contributed by atoms with van der Waals surface area (Å²) in [5, 5.41) is 0. The molecule has 0 spiro atoms. The van der Waals surface area contributed by atoms with Crippen molar-refractivity contribution in [1.29, 1.82) is 0 Å². The largest absolute Gasteiger partial charge is 0.321 e. The molecule has 0 aromatic heterocycles. The van der Waals surface area contributed by atoms with Crippen LogP contribution in [-0.2, 0) is 0 Å². The molecule has 2 atom stereocenters. The first kappa shape index (κ1) is 8.49. The summed E-state index contributed by atoms with van der Waals surface area (Å²) in [4.78, 5) is 0. The normalized spacial score (nSPS) is 39.9. The van der Waals surface area contributed by atoms with Gasteiger partial charge in [-0.15, -0.1) is 0 Å². The van der Waals surface area contributed by atoms with Gasteiger partial charge in [0.25, 0.3) is 0 Å². The maximum atomic E-state index is 6.58. The Morgan fingerprint density at radius 2 is 2.29 bits per heavy atom. The average molecular weight is 187 g/mol. The number of fused-ring (bicyclic) bond motifs is 3. The molecule has 2 N–H and O–H groups in total. The van der Waals surface area contributed by atoms with Crippen LogP contribution < -0.4 is 5.73 Å². The van der Waals surface area contributed by atoms with Crippen LogP contribution >= 0.6 is 0 Å². The van der Waals surface area contributed by atoms with E-state index in [1.807, 2.05) is 0 Å². The van der Waals surface area contributed by atoms with Crippen LogP contribution in [-0.4, -0.2) is 5.54 Å². The number of hydrogen-bond donors (Lipinski definition) is 1. The summed E-state index contributed by atoms with van der Waals surface area (Å²) < 4.78 is 0. The van der Waals surface area contributed by atoms with Crippen molar-refractivity contribution >= 4 is 0 Å². The van der Waals surface area contributed by atoms with Crippen molar-refractivity contribution in [2.45, 2.75) is 37.6 Å². The van der Waals surface area contributed by atoms with Gasteiger partial charge in [0.2, 0.25) is 0 Å². The lowest BCUT2D eigenvalue weighted by molar-refractivity contribution is 0.311. The standard InChI is InChI=1S/C13H17N/c14-13-8-4-3-6-11(13)9-10-5-1-2-7-12(10)13/h1-2,5,9,12H,3-4,6-8,14H2. The second-order valence-corrected chi connectivity index (χ2v) is 4.80. The number of nitrogens with two attached hydrogens (primary N) is 1. The lowest BCUT2D eigenvalue weighted by atomic mass is 9.71. The maximum Gasteiger partial charge on any atom is 0.0444 e. The molecule has 0 radical (unpaired) electrons. The molecule has 2 unspecified atom stereocenters. The highest BCUT2D eigenvalue weighted by molar-refractivity contribution is 5.47. The molecule has 0 aliphatic heterocycles. The van der Waals surface area contributed by atoms with Gasteiger partial charge in [0.1, 0.15) is 0 Å². The molecular formula is C13H17N. The smallest absolute Gasteiger partial charge is 0.0444 e. The Bertz CT molecular complexity index is 348. The Kier molecular flexibility index (Phi) is 1.72. The summed E-state index contributed by atoms with van der Waals surface area (Å²) in [6, 6.07) is 0. The summed E-state index contributed by atoms with van der Waals surface area (Å²) in [5.41, 5.74) is 9.59. The van der Waals surface area contributed by atoms with E-state index in [0.29, 0.717) is 5.92 Å². The molecule has 0 aromatic rings. The van der Waals surface area contributed by atoms with E-state index in [2.05, 4.69) is 24.3 Å². The monoisotopic (exact) mass is 187 g/mol. The third-order valence-electron chi connectivity index (χ3n) is 4.05. The van der Waals surface area contributed by atoms with Crippen molar-refractivity contribution in [1.82, 2.24) is 0 Å². The first-order valence-electron chi connectivity index (χ1n) is 5.67. The minimum absolute atomic E-state index is 0.0227. The zero-order valence-corrected chi connectivity index (χ0v) is 8.50. The molecule has 74 valence electrons. The van der Waals surface area contributed by atoms with E-state index < -0.39 is 0 Å². The first-order chi connectivity index (χ1) is 6.81. The average Bonchev–Trinajstić information content (AvgIpc) is 2.51. The Balaban J connectivity index is 2.04. The Hall–Kier alpha value is -0.820. The van der Waals surface area contributed by atoms with Gasteiger partial charge in [0.15, 0.2) is 0 Å². The molecule has 1 heteroatoms. The van der Waals surface area contributed by atoms with Crippen LogP contribution in [0, 0.1) is 5.92 Å². The van der Waals surface area contributed by atoms with Crippen molar-refractivity contribution in [3.05, 3.63) is 35.5 Å². The highest BCUT2D eigenvalue weighted by atomic mass is 14.8. The molecule has 3 aliphatic carbocycles. The number of rotatable bonds is 0. The van der Waals surface area contributed by atoms with E-state index in [1.165, 1.54) is 36.8 Å². The van der Waals surface area contributed by atoms with Gasteiger partial charge < -0.3 is 5.73 Å². The van der Waals surface area contributed by atoms with E-state index in [4.69, 9.17) is 5.73 Å². The molecule has 0 heterocycles. The molecule has 0 bridgehead atoms. The fraction of sp³-hybridized carbons (Fsp3) is 0.538. The quantitative estimate of drug-likeness (QED) is 0.620. The van der Waals surface area contributed by atoms with E-state index >= 15 is 0 Å². The molecule has 3 aliphatic rings. The molecule has 3 rings (SSSR count). The predicted octanol–water partition coefficient (Wildman–Crippen LogP) is 2.70. The van der Waals surface area contributed by atoms with Gasteiger partial charge in [0, 0.05) is 11.5 Å². The number of hydrogen-bond acceptors (Lipinski definition) is 1. The lowest BCUT2D eigenvalue weighted by Crippen LogP contribution is -2.48. The first-order valence-corrected chi connectivity index (χ1v) is 5.67. The molecule has 0 saturated heterocycles. The highest BCUT2D eigenvalue weighted by Gasteiger charge is 2.44. The van der Waals surface area contributed by atoms with Crippen LogP contribution in [0.2, 0.25) is 0 Å². The molecule has 14 heavy (non-hydrogen) atoms. The van der Waals surface area contributed by atoms with E-state index in [-0.39, 0.29) is 5.54 Å². The van der Waals surface area contributed by atoms with E-state index in [9.17, 15) is 0 Å². The van der Waals surface area contributed by atoms with Gasteiger partial charge in [-0.25, -0.2) is 0 Å². The maximum absolute atomic E-state index is 6.58. The summed E-state index contributed by atoms with van der Waals surface area (Å²) in [6.07, 6.45) is 15.2. The highest BCUT2D eigenvalue weighted by Crippen LogP contribution is 2.48. The third kappa shape index (κ3) is 0.992. The predicted molar refractivity (Wildman–Crippen MR) is 58.8 cm³/mol. The van der Waals surface area contributed by atoms with Crippen LogP contribution in [0.15, 0.2) is 35.5 Å². The van der Waals surface area contributed by atoms with E-state index in [1.54, 1.807) is 0 Å². The van der Waals surface area contributed by atoms with Gasteiger partial charge in [-0.1, -0.05) is 30.7 Å². The second kappa shape index (κ2) is 2.83. The van der Waals surface area contributed by atoms with E-state index in [0.717, 1.165) is 6.42 Å².